The van der Waals surface area contributed by atoms with Gasteiger partial charge < -0.3 is 37.9 Å². The van der Waals surface area contributed by atoms with Crippen LogP contribution < -0.4 is 37.9 Å². The molecule has 0 unspecified atom stereocenters. The second-order valence-electron chi connectivity index (χ2n) is 28.2. The largest absolute Gasteiger partial charge is 0.497 e. The molecular formula is C108H96N4O10. The Labute approximate surface area is 715 Å². The molecule has 14 heteroatoms. The van der Waals surface area contributed by atoms with Crippen LogP contribution in [-0.2, 0) is 9.59 Å². The molecule has 122 heavy (non-hydrogen) atoms. The van der Waals surface area contributed by atoms with Crippen molar-refractivity contribution in [1.29, 1.82) is 0 Å². The highest BCUT2D eigenvalue weighted by atomic mass is 16.5. The first-order valence-electron chi connectivity index (χ1n) is 39.7. The molecule has 0 heterocycles. The molecule has 608 valence electrons. The molecule has 0 fully saturated rings. The van der Waals surface area contributed by atoms with Crippen LogP contribution in [0.15, 0.2) is 348 Å². The van der Waals surface area contributed by atoms with Crippen molar-refractivity contribution in [3.63, 3.8) is 0 Å². The Morgan fingerprint density at radius 2 is 0.549 bits per heavy atom. The van der Waals surface area contributed by atoms with Crippen molar-refractivity contribution in [1.82, 2.24) is 0 Å². The first-order chi connectivity index (χ1) is 59.3. The van der Waals surface area contributed by atoms with Crippen molar-refractivity contribution in [3.05, 3.63) is 417 Å². The maximum atomic E-state index is 11.6. The summed E-state index contributed by atoms with van der Waals surface area (Å²) < 4.78 is 45.4. The van der Waals surface area contributed by atoms with E-state index in [1.54, 1.807) is 46.6 Å². The Balaban J connectivity index is 0.000000159. The summed E-state index contributed by atoms with van der Waals surface area (Å²) in [5.74, 6) is 18.7. The van der Waals surface area contributed by atoms with Crippen LogP contribution in [0.2, 0.25) is 0 Å². The molecule has 0 amide bonds. The fourth-order valence-corrected chi connectivity index (χ4v) is 13.5. The number of ether oxygens (including phenoxy) is 8. The van der Waals surface area contributed by atoms with Crippen LogP contribution in [0.4, 0.5) is 22.7 Å². The number of esters is 2. The minimum absolute atomic E-state index is 0.322. The summed E-state index contributed by atoms with van der Waals surface area (Å²) in [6.45, 7) is 19.9. The molecule has 0 aliphatic carbocycles. The zero-order valence-electron chi connectivity index (χ0n) is 71.0. The fourth-order valence-electron chi connectivity index (χ4n) is 13.5. The normalized spacial score (nSPS) is 10.1. The maximum absolute atomic E-state index is 11.6. The molecule has 0 aliphatic heterocycles. The summed E-state index contributed by atoms with van der Waals surface area (Å²) in [5, 5.41) is 0. The van der Waals surface area contributed by atoms with E-state index < -0.39 is 11.9 Å². The highest BCUT2D eigenvalue weighted by Crippen LogP contribution is 2.42. The Morgan fingerprint density at radius 1 is 0.254 bits per heavy atom. The number of carbonyl (C=O) groups excluding carboxylic acids is 2. The third kappa shape index (κ3) is 23.9. The molecule has 0 radical (unpaired) electrons. The van der Waals surface area contributed by atoms with Crippen molar-refractivity contribution in [3.8, 4) is 57.5 Å². The zero-order chi connectivity index (χ0) is 86.3. The van der Waals surface area contributed by atoms with E-state index in [4.69, 9.17) is 37.9 Å². The molecule has 14 aromatic rings. The molecule has 0 spiro atoms. The van der Waals surface area contributed by atoms with Crippen LogP contribution in [0.1, 0.15) is 103 Å². The van der Waals surface area contributed by atoms with Crippen molar-refractivity contribution < 1.29 is 47.5 Å². The Morgan fingerprint density at radius 3 is 0.934 bits per heavy atom. The average Bonchev–Trinajstić information content (AvgIpc) is 0.773. The highest BCUT2D eigenvalue weighted by Gasteiger charge is 2.23. The van der Waals surface area contributed by atoms with Gasteiger partial charge in [0.25, 0.3) is 0 Å². The van der Waals surface area contributed by atoms with E-state index in [0.717, 1.165) is 113 Å². The van der Waals surface area contributed by atoms with E-state index in [9.17, 15) is 9.59 Å². The molecule has 14 aromatic carbocycles. The lowest BCUT2D eigenvalue weighted by atomic mass is 9.84. The topological polar surface area (TPSA) is 157 Å². The first kappa shape index (κ1) is 87.5. The van der Waals surface area contributed by atoms with E-state index in [2.05, 4.69) is 111 Å². The number of carbonyl (C=O) groups is 2. The molecule has 0 N–H and O–H groups in total. The Bertz CT molecular complexity index is 6180. The third-order valence-electron chi connectivity index (χ3n) is 19.8. The van der Waals surface area contributed by atoms with E-state index in [0.29, 0.717) is 34.1 Å². The van der Waals surface area contributed by atoms with Crippen molar-refractivity contribution in [2.45, 2.75) is 69.2 Å². The Hall–Kier alpha value is -15.4. The number of nitrogens with zero attached hydrogens (tertiary/aromatic N) is 4. The summed E-state index contributed by atoms with van der Waals surface area (Å²) in [7, 11) is 6.69. The Kier molecular flexibility index (Phi) is 31.3. The van der Waals surface area contributed by atoms with Crippen molar-refractivity contribution >= 4 is 80.5 Å². The van der Waals surface area contributed by atoms with Crippen LogP contribution in [0.25, 0.3) is 22.3 Å². The number of para-hydroxylation sites is 6. The number of rotatable bonds is 22. The first-order valence-corrected chi connectivity index (χ1v) is 39.7. The average molecular weight is 1610 g/mol. The number of aliphatic imine (C=N–C) groups is 4. The standard InChI is InChI=1S/C32H23NO2.C27H29NO2.C25H25NO2.C24H19NO4/c1-5-13-25(14-6-1)31(24-33-26-15-7-2-8-16-26)30-23-29(34-27-17-9-3-10-18-27)21-22-32(30)35-28-19-11-4-12-20-28;1-17-18(2)20(4)27(21(5)19(17)3)25(16-28-22-11-9-8-10-12-22)24-15-23(29-6)13-14-26(24)30-7;1-17-13-18(2)25(19(3)14-17)23(16-26-20-9-7-6-8-10-20)22-15-21(27-4)11-12-24(22)28-5;1-17(26)28-21-13-14-24(29-18(2)27)22(15-21)23(19-9-5-3-6-10-19)16-25-20-11-7-4-8-12-20/h1-23H;8-15H,1-7H3;6-15H,1-5H3;3-15H,1-2H3. The van der Waals surface area contributed by atoms with Gasteiger partial charge in [0.2, 0.25) is 0 Å². The van der Waals surface area contributed by atoms with Crippen LogP contribution in [-0.4, -0.2) is 63.9 Å². The molecule has 0 atom stereocenters. The van der Waals surface area contributed by atoms with Gasteiger partial charge in [-0.3, -0.25) is 9.59 Å². The van der Waals surface area contributed by atoms with Gasteiger partial charge in [-0.05, 0) is 286 Å². The number of hydrogen-bond acceptors (Lipinski definition) is 14. The molecule has 0 aromatic heterocycles. The number of hydrogen-bond donors (Lipinski definition) is 0. The summed E-state index contributed by atoms with van der Waals surface area (Å²) in [4.78, 5) is 41.3. The zero-order valence-corrected chi connectivity index (χ0v) is 71.0. The van der Waals surface area contributed by atoms with Crippen LogP contribution in [0.3, 0.4) is 0 Å². The lowest BCUT2D eigenvalue weighted by Crippen LogP contribution is -2.06. The minimum atomic E-state index is -0.459. The van der Waals surface area contributed by atoms with Crippen molar-refractivity contribution in [2.24, 2.45) is 20.0 Å². The number of benzene rings is 14. The van der Waals surface area contributed by atoms with E-state index in [1.165, 1.54) is 58.4 Å². The van der Waals surface area contributed by atoms with Gasteiger partial charge in [-0.15, -0.1) is 0 Å². The maximum Gasteiger partial charge on any atom is 0.308 e. The number of aryl methyl sites for hydroxylation is 3. The fraction of sp³-hybridized carbons (Fsp3) is 0.130. The summed E-state index contributed by atoms with van der Waals surface area (Å²) in [5.41, 5.74) is 23.6. The molecule has 0 saturated carbocycles. The van der Waals surface area contributed by atoms with Gasteiger partial charge in [-0.1, -0.05) is 188 Å². The highest BCUT2D eigenvalue weighted by molar-refractivity contribution is 6.05. The summed E-state index contributed by atoms with van der Waals surface area (Å²) >= 11 is 0. The van der Waals surface area contributed by atoms with Crippen LogP contribution in [0, 0.1) is 55.4 Å². The van der Waals surface area contributed by atoms with Gasteiger partial charge in [-0.25, -0.2) is 20.0 Å². The molecular weight excluding hydrogens is 1510 g/mol. The lowest BCUT2D eigenvalue weighted by molar-refractivity contribution is -0.133. The van der Waals surface area contributed by atoms with Gasteiger partial charge >= 0.3 is 11.9 Å². The van der Waals surface area contributed by atoms with Crippen molar-refractivity contribution in [2.75, 3.05) is 28.4 Å². The lowest BCUT2D eigenvalue weighted by Gasteiger charge is -2.21. The van der Waals surface area contributed by atoms with E-state index in [1.807, 2.05) is 297 Å². The molecule has 14 nitrogen and oxygen atoms in total. The van der Waals surface area contributed by atoms with Gasteiger partial charge in [0, 0.05) is 36.1 Å². The van der Waals surface area contributed by atoms with Crippen LogP contribution in [0.5, 0.6) is 57.5 Å². The minimum Gasteiger partial charge on any atom is -0.497 e. The smallest absolute Gasteiger partial charge is 0.308 e. The van der Waals surface area contributed by atoms with Gasteiger partial charge in [0.05, 0.1) is 73.5 Å². The van der Waals surface area contributed by atoms with E-state index >= 15 is 0 Å². The van der Waals surface area contributed by atoms with Gasteiger partial charge in [0.15, 0.2) is 0 Å². The summed E-state index contributed by atoms with van der Waals surface area (Å²) in [6, 6.07) is 104. The van der Waals surface area contributed by atoms with Gasteiger partial charge in [0.1, 0.15) is 57.5 Å². The second kappa shape index (κ2) is 43.7. The number of methoxy groups -OCH3 is 4. The van der Waals surface area contributed by atoms with Gasteiger partial charge in [-0.2, -0.15) is 0 Å². The monoisotopic (exact) mass is 1610 g/mol. The quantitative estimate of drug-likeness (QED) is 0.0363. The molecule has 14 rings (SSSR count). The predicted octanol–water partition coefficient (Wildman–Crippen LogP) is 26.4. The summed E-state index contributed by atoms with van der Waals surface area (Å²) in [6.07, 6.45) is 0. The SMILES string of the molecule is C(=Nc1ccccc1)=C(c1ccccc1)c1cc(Oc2ccccc2)ccc1Oc1ccccc1.CC(=O)Oc1ccc(OC(C)=O)c(C(=C=Nc2ccccc2)c2ccccc2)c1.COc1ccc(OC)c(C(=C=Nc2ccccc2)c2c(C)c(C)c(C)c(C)c2C)c1.COc1ccc(OC)c(C(=C=Nc2ccccc2)c2c(C)cc(C)cc2C)c1. The molecule has 0 aliphatic rings. The second-order valence-corrected chi connectivity index (χ2v) is 28.2. The molecule has 0 saturated heterocycles. The van der Waals surface area contributed by atoms with E-state index in [-0.39, 0.29) is 0 Å². The van der Waals surface area contributed by atoms with Crippen LogP contribution >= 0.6 is 0 Å². The molecule has 0 bridgehead atoms. The third-order valence-corrected chi connectivity index (χ3v) is 19.8. The predicted molar refractivity (Wildman–Crippen MR) is 495 cm³/mol.